The lowest BCUT2D eigenvalue weighted by Crippen LogP contribution is -2.48. The van der Waals surface area contributed by atoms with Gasteiger partial charge in [0.1, 0.15) is 0 Å². The summed E-state index contributed by atoms with van der Waals surface area (Å²) in [5.41, 5.74) is 5.18. The van der Waals surface area contributed by atoms with Crippen molar-refractivity contribution in [3.63, 3.8) is 0 Å². The zero-order valence-corrected chi connectivity index (χ0v) is 18.3. The molecule has 0 unspecified atom stereocenters. The summed E-state index contributed by atoms with van der Waals surface area (Å²) in [6.45, 7) is 6.88. The number of aryl methyl sites for hydroxylation is 1. The Morgan fingerprint density at radius 1 is 1.19 bits per heavy atom. The second-order valence-electron chi connectivity index (χ2n) is 8.14. The number of aromatic nitrogens is 2. The lowest BCUT2D eigenvalue weighted by atomic mass is 10.0. The summed E-state index contributed by atoms with van der Waals surface area (Å²) in [4.78, 5) is 21.7. The van der Waals surface area contributed by atoms with Gasteiger partial charge in [-0.05, 0) is 43.7 Å². The van der Waals surface area contributed by atoms with Crippen molar-refractivity contribution in [1.29, 1.82) is 0 Å². The first-order chi connectivity index (χ1) is 15.0. The van der Waals surface area contributed by atoms with Gasteiger partial charge in [0.05, 0.1) is 16.4 Å². The third-order valence-corrected chi connectivity index (χ3v) is 6.00. The topological polar surface area (TPSA) is 52.9 Å². The summed E-state index contributed by atoms with van der Waals surface area (Å²) in [6, 6.07) is 2.28. The van der Waals surface area contributed by atoms with Crippen molar-refractivity contribution in [3.05, 3.63) is 88.8 Å². The van der Waals surface area contributed by atoms with Crippen LogP contribution in [0.15, 0.2) is 72.5 Å². The molecule has 31 heavy (non-hydrogen) atoms. The Morgan fingerprint density at radius 2 is 2.03 bits per heavy atom. The van der Waals surface area contributed by atoms with Crippen LogP contribution < -0.4 is 5.32 Å². The van der Waals surface area contributed by atoms with Gasteiger partial charge in [0, 0.05) is 61.6 Å². The van der Waals surface area contributed by atoms with E-state index < -0.39 is 0 Å². The molecule has 6 nitrogen and oxygen atoms in total. The zero-order chi connectivity index (χ0) is 21.5. The van der Waals surface area contributed by atoms with Crippen LogP contribution in [0.5, 0.6) is 0 Å². The molecule has 0 radical (unpaired) electrons. The van der Waals surface area contributed by atoms with Crippen LogP contribution in [0.2, 0.25) is 5.02 Å². The van der Waals surface area contributed by atoms with Crippen molar-refractivity contribution in [1.82, 2.24) is 24.5 Å². The fourth-order valence-electron chi connectivity index (χ4n) is 4.20. The standard InChI is InChI=1S/C24H24ClN5O/c1-16-12-28(9-8-26-16)21-7-6-20-5-3-4-18(11-23(31)30(20)15-21)19-10-22(25)24-27-17(2)13-29(24)14-19/h3-7,10-11,13-16,26H,8-9,12H2,1-2H3/b4-3+,18-11+,20-5+/t16-/m0/s1. The number of allylic oxidation sites excluding steroid dienone is 6. The van der Waals surface area contributed by atoms with E-state index in [-0.39, 0.29) is 5.91 Å². The molecular weight excluding hydrogens is 410 g/mol. The molecule has 5 rings (SSSR count). The molecular formula is C24H24ClN5O. The molecule has 1 atom stereocenters. The molecule has 158 valence electrons. The number of hydrogen-bond acceptors (Lipinski definition) is 4. The molecule has 1 fully saturated rings. The van der Waals surface area contributed by atoms with E-state index in [0.29, 0.717) is 16.7 Å². The van der Waals surface area contributed by atoms with E-state index in [1.54, 1.807) is 11.0 Å². The number of piperazine rings is 1. The number of fused-ring (bicyclic) bond motifs is 2. The maximum Gasteiger partial charge on any atom is 0.255 e. The van der Waals surface area contributed by atoms with Gasteiger partial charge >= 0.3 is 0 Å². The predicted octanol–water partition coefficient (Wildman–Crippen LogP) is 3.67. The summed E-state index contributed by atoms with van der Waals surface area (Å²) in [6.07, 6.45) is 17.4. The molecule has 3 aliphatic rings. The monoisotopic (exact) mass is 433 g/mol. The lowest BCUT2D eigenvalue weighted by Gasteiger charge is -2.36. The first-order valence-corrected chi connectivity index (χ1v) is 10.8. The number of amides is 1. The van der Waals surface area contributed by atoms with Crippen molar-refractivity contribution < 1.29 is 4.79 Å². The highest BCUT2D eigenvalue weighted by Gasteiger charge is 2.23. The first-order valence-electron chi connectivity index (χ1n) is 10.4. The fraction of sp³-hybridized carbons (Fsp3) is 0.250. The molecule has 0 bridgehead atoms. The van der Waals surface area contributed by atoms with Gasteiger partial charge in [0.25, 0.3) is 5.91 Å². The predicted molar refractivity (Wildman–Crippen MR) is 123 cm³/mol. The number of rotatable bonds is 2. The summed E-state index contributed by atoms with van der Waals surface area (Å²) in [7, 11) is 0. The van der Waals surface area contributed by atoms with Crippen LogP contribution in [-0.2, 0) is 4.79 Å². The van der Waals surface area contributed by atoms with Crippen LogP contribution in [0.25, 0.3) is 11.2 Å². The van der Waals surface area contributed by atoms with Crippen LogP contribution in [0.4, 0.5) is 0 Å². The Bertz CT molecular complexity index is 1220. The SMILES string of the molecule is Cc1cn2cc(C3=C\C(=O)N4C=C(N5CCN[C@@H](C)C5)C=C\C4=C/C=C/3)cc(Cl)c2n1. The van der Waals surface area contributed by atoms with E-state index in [1.165, 1.54) is 0 Å². The Hall–Kier alpha value is -3.09. The number of carbonyl (C=O) groups excluding carboxylic acids is 1. The Balaban J connectivity index is 1.49. The van der Waals surface area contributed by atoms with Gasteiger partial charge in [-0.3, -0.25) is 9.69 Å². The minimum atomic E-state index is -0.0892. The van der Waals surface area contributed by atoms with Gasteiger partial charge < -0.3 is 14.6 Å². The Labute approximate surface area is 186 Å². The van der Waals surface area contributed by atoms with Gasteiger partial charge in [0.2, 0.25) is 0 Å². The van der Waals surface area contributed by atoms with Crippen LogP contribution in [-0.4, -0.2) is 50.8 Å². The smallest absolute Gasteiger partial charge is 0.255 e. The van der Waals surface area contributed by atoms with Gasteiger partial charge in [-0.15, -0.1) is 0 Å². The maximum absolute atomic E-state index is 13.2. The minimum absolute atomic E-state index is 0.0892. The third kappa shape index (κ3) is 3.84. The number of halogens is 1. The van der Waals surface area contributed by atoms with E-state index in [9.17, 15) is 4.79 Å². The van der Waals surface area contributed by atoms with Crippen LogP contribution in [0, 0.1) is 6.92 Å². The molecule has 2 aromatic rings. The van der Waals surface area contributed by atoms with Crippen molar-refractivity contribution in [2.45, 2.75) is 19.9 Å². The Kier molecular flexibility index (Phi) is 5.04. The Morgan fingerprint density at radius 3 is 2.87 bits per heavy atom. The third-order valence-electron chi connectivity index (χ3n) is 5.72. The summed E-state index contributed by atoms with van der Waals surface area (Å²) >= 11 is 6.46. The highest BCUT2D eigenvalue weighted by Crippen LogP contribution is 2.28. The van der Waals surface area contributed by atoms with E-state index in [1.807, 2.05) is 60.3 Å². The highest BCUT2D eigenvalue weighted by atomic mass is 35.5. The molecule has 1 amide bonds. The maximum atomic E-state index is 13.2. The number of imidazole rings is 1. The van der Waals surface area contributed by atoms with E-state index in [0.717, 1.165) is 47.9 Å². The fourth-order valence-corrected chi connectivity index (χ4v) is 4.46. The van der Waals surface area contributed by atoms with E-state index >= 15 is 0 Å². The lowest BCUT2D eigenvalue weighted by molar-refractivity contribution is -0.122. The number of carbonyl (C=O) groups is 1. The summed E-state index contributed by atoms with van der Waals surface area (Å²) < 4.78 is 1.90. The quantitative estimate of drug-likeness (QED) is 0.785. The van der Waals surface area contributed by atoms with Crippen molar-refractivity contribution in [2.24, 2.45) is 0 Å². The second kappa shape index (κ2) is 7.87. The molecule has 0 saturated carbocycles. The second-order valence-corrected chi connectivity index (χ2v) is 8.54. The van der Waals surface area contributed by atoms with Gasteiger partial charge in [-0.1, -0.05) is 23.8 Å². The van der Waals surface area contributed by atoms with Gasteiger partial charge in [0.15, 0.2) is 5.65 Å². The minimum Gasteiger partial charge on any atom is -0.368 e. The molecule has 2 aromatic heterocycles. The average Bonchev–Trinajstić information content (AvgIpc) is 3.12. The molecule has 1 saturated heterocycles. The van der Waals surface area contributed by atoms with Crippen molar-refractivity contribution >= 4 is 28.7 Å². The van der Waals surface area contributed by atoms with Crippen LogP contribution >= 0.6 is 11.6 Å². The molecule has 5 heterocycles. The molecule has 1 N–H and O–H groups in total. The molecule has 0 aliphatic carbocycles. The van der Waals surface area contributed by atoms with Crippen molar-refractivity contribution in [2.75, 3.05) is 19.6 Å². The number of pyridine rings is 1. The molecule has 7 heteroatoms. The number of nitrogens with zero attached hydrogens (tertiary/aromatic N) is 4. The average molecular weight is 434 g/mol. The first kappa shape index (κ1) is 19.8. The molecule has 3 aliphatic heterocycles. The zero-order valence-electron chi connectivity index (χ0n) is 17.5. The highest BCUT2D eigenvalue weighted by molar-refractivity contribution is 6.33. The van der Waals surface area contributed by atoms with Gasteiger partial charge in [-0.2, -0.15) is 0 Å². The number of nitrogens with one attached hydrogen (secondary N) is 1. The van der Waals surface area contributed by atoms with E-state index in [4.69, 9.17) is 11.6 Å². The largest absolute Gasteiger partial charge is 0.368 e. The van der Waals surface area contributed by atoms with Gasteiger partial charge in [-0.25, -0.2) is 4.98 Å². The van der Waals surface area contributed by atoms with E-state index in [2.05, 4.69) is 28.2 Å². The normalized spacial score (nSPS) is 25.8. The summed E-state index contributed by atoms with van der Waals surface area (Å²) in [5, 5.41) is 4.01. The number of hydrogen-bond donors (Lipinski definition) is 1. The molecule has 0 aromatic carbocycles. The van der Waals surface area contributed by atoms with Crippen LogP contribution in [0.1, 0.15) is 18.2 Å². The summed E-state index contributed by atoms with van der Waals surface area (Å²) in [5.74, 6) is -0.0892. The molecule has 0 spiro atoms. The van der Waals surface area contributed by atoms with Crippen molar-refractivity contribution in [3.8, 4) is 0 Å². The van der Waals surface area contributed by atoms with Crippen LogP contribution in [0.3, 0.4) is 0 Å².